The highest BCUT2D eigenvalue weighted by atomic mass is 79.9. The van der Waals surface area contributed by atoms with Crippen molar-refractivity contribution in [2.24, 2.45) is 7.05 Å². The van der Waals surface area contributed by atoms with E-state index in [0.717, 1.165) is 0 Å². The third kappa shape index (κ3) is 3.99. The molecule has 0 aliphatic heterocycles. The lowest BCUT2D eigenvalue weighted by atomic mass is 10.2. The highest BCUT2D eigenvalue weighted by molar-refractivity contribution is 9.10. The van der Waals surface area contributed by atoms with Crippen LogP contribution in [0.1, 0.15) is 17.8 Å². The molecule has 0 spiro atoms. The zero-order chi connectivity index (χ0) is 18.7. The molecular weight excluding hydrogens is 403 g/mol. The van der Waals surface area contributed by atoms with Crippen LogP contribution in [-0.4, -0.2) is 15.5 Å². The number of fused-ring (bicyclic) bond motifs is 1. The van der Waals surface area contributed by atoms with Gasteiger partial charge in [-0.15, -0.1) is 0 Å². The lowest BCUT2D eigenvalue weighted by molar-refractivity contribution is -0.144. The maximum absolute atomic E-state index is 13.1. The Bertz CT molecular complexity index is 1030. The number of carbonyl (C=O) groups excluding carboxylic acids is 1. The summed E-state index contributed by atoms with van der Waals surface area (Å²) in [5.74, 6) is -0.257. The number of halogens is 2. The molecule has 0 bridgehead atoms. The van der Waals surface area contributed by atoms with Gasteiger partial charge in [-0.1, -0.05) is 34.1 Å². The van der Waals surface area contributed by atoms with Crippen molar-refractivity contribution in [1.82, 2.24) is 9.55 Å². The monoisotopic (exact) mass is 418 g/mol. The SMILES string of the molecule is Cn1c(CCC(=O)OCc2ccc(F)cc2Br)nc2ccccc2c1=O. The summed E-state index contributed by atoms with van der Waals surface area (Å²) in [4.78, 5) is 28.8. The molecule has 0 radical (unpaired) electrons. The van der Waals surface area contributed by atoms with Crippen molar-refractivity contribution in [2.75, 3.05) is 0 Å². The number of rotatable bonds is 5. The van der Waals surface area contributed by atoms with Gasteiger partial charge < -0.3 is 4.74 Å². The summed E-state index contributed by atoms with van der Waals surface area (Å²) >= 11 is 3.23. The number of benzene rings is 2. The predicted molar refractivity (Wildman–Crippen MR) is 99.2 cm³/mol. The number of para-hydroxylation sites is 1. The van der Waals surface area contributed by atoms with Crippen LogP contribution < -0.4 is 5.56 Å². The third-order valence-corrected chi connectivity index (χ3v) is 4.77. The van der Waals surface area contributed by atoms with Gasteiger partial charge in [-0.25, -0.2) is 9.37 Å². The van der Waals surface area contributed by atoms with Gasteiger partial charge in [0.25, 0.3) is 5.56 Å². The largest absolute Gasteiger partial charge is 0.461 e. The molecule has 3 aromatic rings. The van der Waals surface area contributed by atoms with Crippen LogP contribution in [0.3, 0.4) is 0 Å². The maximum atomic E-state index is 13.1. The number of nitrogens with zero attached hydrogens (tertiary/aromatic N) is 2. The molecule has 0 aliphatic carbocycles. The highest BCUT2D eigenvalue weighted by Gasteiger charge is 2.11. The van der Waals surface area contributed by atoms with Gasteiger partial charge in [-0.2, -0.15) is 0 Å². The molecule has 7 heteroatoms. The van der Waals surface area contributed by atoms with Gasteiger partial charge in [0.05, 0.1) is 17.3 Å². The van der Waals surface area contributed by atoms with E-state index in [4.69, 9.17) is 4.74 Å². The summed E-state index contributed by atoms with van der Waals surface area (Å²) in [6.07, 6.45) is 0.386. The van der Waals surface area contributed by atoms with E-state index in [0.29, 0.717) is 33.2 Å². The third-order valence-electron chi connectivity index (χ3n) is 4.03. The molecule has 134 valence electrons. The van der Waals surface area contributed by atoms with Gasteiger partial charge in [0.1, 0.15) is 18.2 Å². The highest BCUT2D eigenvalue weighted by Crippen LogP contribution is 2.19. The van der Waals surface area contributed by atoms with Crippen LogP contribution in [0.15, 0.2) is 51.7 Å². The van der Waals surface area contributed by atoms with E-state index in [1.54, 1.807) is 31.3 Å². The van der Waals surface area contributed by atoms with Gasteiger partial charge >= 0.3 is 5.97 Å². The molecule has 26 heavy (non-hydrogen) atoms. The number of aromatic nitrogens is 2. The molecular formula is C19H16BrFN2O3. The Morgan fingerprint density at radius 2 is 2.04 bits per heavy atom. The molecule has 0 N–H and O–H groups in total. The number of carbonyl (C=O) groups is 1. The summed E-state index contributed by atoms with van der Waals surface area (Å²) in [5, 5.41) is 0.544. The molecule has 0 saturated carbocycles. The van der Waals surface area contributed by atoms with E-state index in [1.165, 1.54) is 16.7 Å². The lowest BCUT2D eigenvalue weighted by Crippen LogP contribution is -2.23. The van der Waals surface area contributed by atoms with Crippen LogP contribution in [0.4, 0.5) is 4.39 Å². The van der Waals surface area contributed by atoms with Crippen molar-refractivity contribution in [3.63, 3.8) is 0 Å². The Balaban J connectivity index is 1.65. The zero-order valence-electron chi connectivity index (χ0n) is 14.0. The average molecular weight is 419 g/mol. The van der Waals surface area contributed by atoms with E-state index < -0.39 is 5.97 Å². The van der Waals surface area contributed by atoms with Crippen molar-refractivity contribution in [3.8, 4) is 0 Å². The van der Waals surface area contributed by atoms with Gasteiger partial charge in [-0.05, 0) is 24.3 Å². The lowest BCUT2D eigenvalue weighted by Gasteiger charge is -2.10. The van der Waals surface area contributed by atoms with Gasteiger partial charge in [0.2, 0.25) is 0 Å². The van der Waals surface area contributed by atoms with E-state index in [1.807, 2.05) is 6.07 Å². The Hall–Kier alpha value is -2.54. The molecule has 0 unspecified atom stereocenters. The molecule has 0 saturated heterocycles. The van der Waals surface area contributed by atoms with E-state index in [-0.39, 0.29) is 24.4 Å². The summed E-state index contributed by atoms with van der Waals surface area (Å²) < 4.78 is 20.3. The van der Waals surface area contributed by atoms with Crippen molar-refractivity contribution in [2.45, 2.75) is 19.4 Å². The van der Waals surface area contributed by atoms with Gasteiger partial charge in [0, 0.05) is 23.5 Å². The number of ether oxygens (including phenoxy) is 1. The number of hydrogen-bond donors (Lipinski definition) is 0. The van der Waals surface area contributed by atoms with E-state index in [9.17, 15) is 14.0 Å². The number of esters is 1. The molecule has 1 aromatic heterocycles. The first-order chi connectivity index (χ1) is 12.5. The Labute approximate surface area is 157 Å². The smallest absolute Gasteiger partial charge is 0.306 e. The second-order valence-corrected chi connectivity index (χ2v) is 6.66. The maximum Gasteiger partial charge on any atom is 0.306 e. The Kier molecular flexibility index (Phi) is 5.46. The van der Waals surface area contributed by atoms with Crippen molar-refractivity contribution < 1.29 is 13.9 Å². The molecule has 0 fully saturated rings. The van der Waals surface area contributed by atoms with Gasteiger partial charge in [-0.3, -0.25) is 14.2 Å². The minimum absolute atomic E-state index is 0.0454. The second-order valence-electron chi connectivity index (χ2n) is 5.81. The molecule has 1 heterocycles. The fourth-order valence-corrected chi connectivity index (χ4v) is 3.04. The van der Waals surface area contributed by atoms with Crippen LogP contribution in [0.5, 0.6) is 0 Å². The normalized spacial score (nSPS) is 10.9. The van der Waals surface area contributed by atoms with Crippen molar-refractivity contribution >= 4 is 32.8 Å². The molecule has 0 amide bonds. The van der Waals surface area contributed by atoms with Crippen LogP contribution in [0, 0.1) is 5.82 Å². The fourth-order valence-electron chi connectivity index (χ4n) is 2.57. The second kappa shape index (κ2) is 7.78. The van der Waals surface area contributed by atoms with E-state index in [2.05, 4.69) is 20.9 Å². The van der Waals surface area contributed by atoms with Gasteiger partial charge in [0.15, 0.2) is 0 Å². The average Bonchev–Trinajstić information content (AvgIpc) is 2.63. The minimum Gasteiger partial charge on any atom is -0.461 e. The fraction of sp³-hybridized carbons (Fsp3) is 0.211. The Morgan fingerprint density at radius 1 is 1.27 bits per heavy atom. The summed E-state index contributed by atoms with van der Waals surface area (Å²) in [7, 11) is 1.64. The zero-order valence-corrected chi connectivity index (χ0v) is 15.6. The molecule has 3 rings (SSSR count). The van der Waals surface area contributed by atoms with E-state index >= 15 is 0 Å². The summed E-state index contributed by atoms with van der Waals surface area (Å²) in [5.41, 5.74) is 1.14. The van der Waals surface area contributed by atoms with Crippen LogP contribution in [0.25, 0.3) is 10.9 Å². The molecule has 2 aromatic carbocycles. The molecule has 0 atom stereocenters. The van der Waals surface area contributed by atoms with Crippen LogP contribution in [0.2, 0.25) is 0 Å². The first-order valence-corrected chi connectivity index (χ1v) is 8.79. The summed E-state index contributed by atoms with van der Waals surface area (Å²) in [6, 6.07) is 11.3. The van der Waals surface area contributed by atoms with Crippen LogP contribution in [-0.2, 0) is 29.6 Å². The Morgan fingerprint density at radius 3 is 2.81 bits per heavy atom. The topological polar surface area (TPSA) is 61.2 Å². The number of aryl methyl sites for hydroxylation is 1. The quantitative estimate of drug-likeness (QED) is 0.594. The molecule has 5 nitrogen and oxygen atoms in total. The first kappa shape index (κ1) is 18.3. The van der Waals surface area contributed by atoms with Crippen molar-refractivity contribution in [3.05, 3.63) is 74.5 Å². The number of hydrogen-bond acceptors (Lipinski definition) is 4. The molecule has 0 aliphatic rings. The van der Waals surface area contributed by atoms with Crippen molar-refractivity contribution in [1.29, 1.82) is 0 Å². The first-order valence-electron chi connectivity index (χ1n) is 8.00. The predicted octanol–water partition coefficient (Wildman–Crippen LogP) is 3.51. The standard InChI is InChI=1S/C19H16BrFN2O3/c1-23-17(22-16-5-3-2-4-14(16)19(23)25)8-9-18(24)26-11-12-6-7-13(21)10-15(12)20/h2-7,10H,8-9,11H2,1H3. The summed E-state index contributed by atoms with van der Waals surface area (Å²) in [6.45, 7) is 0.0454. The minimum atomic E-state index is -0.413. The van der Waals surface area contributed by atoms with Crippen LogP contribution >= 0.6 is 15.9 Å².